The second kappa shape index (κ2) is 6.07. The molecule has 4 N–H and O–H groups in total. The molecule has 1 aromatic rings. The number of aliphatic hydroxyl groups excluding tert-OH is 3. The molecule has 0 amide bonds. The fourth-order valence-corrected chi connectivity index (χ4v) is 6.74. The minimum absolute atomic E-state index is 0.0338. The molecule has 5 nitrogen and oxygen atoms in total. The highest BCUT2D eigenvalue weighted by atomic mass is 16.3. The van der Waals surface area contributed by atoms with Crippen molar-refractivity contribution >= 4 is 0 Å². The van der Waals surface area contributed by atoms with Gasteiger partial charge in [0, 0.05) is 18.9 Å². The number of hydrogen-bond donors (Lipinski definition) is 4. The van der Waals surface area contributed by atoms with Crippen LogP contribution in [0.5, 0.6) is 0 Å². The van der Waals surface area contributed by atoms with Crippen LogP contribution in [0.1, 0.15) is 50.8 Å². The lowest BCUT2D eigenvalue weighted by Crippen LogP contribution is -2.53. The molecule has 1 heterocycles. The molecule has 1 aromatic heterocycles. The van der Waals surface area contributed by atoms with Gasteiger partial charge >= 0.3 is 0 Å². The van der Waals surface area contributed by atoms with Crippen LogP contribution in [0.4, 0.5) is 0 Å². The molecule has 7 atom stereocenters. The van der Waals surface area contributed by atoms with E-state index in [1.165, 1.54) is 5.56 Å². The zero-order chi connectivity index (χ0) is 17.8. The number of rotatable bonds is 3. The minimum atomic E-state index is -0.235. The fraction of sp³-hybridized carbons (Fsp3) is 0.850. The quantitative estimate of drug-likeness (QED) is 0.672. The Labute approximate surface area is 149 Å². The number of aromatic amines is 1. The van der Waals surface area contributed by atoms with Gasteiger partial charge in [-0.05, 0) is 78.6 Å². The minimum Gasteiger partial charge on any atom is -0.396 e. The maximum atomic E-state index is 10.5. The molecule has 0 aromatic carbocycles. The number of H-pyrrole nitrogens is 1. The molecule has 0 bridgehead atoms. The van der Waals surface area contributed by atoms with Crippen LogP contribution >= 0.6 is 0 Å². The highest BCUT2D eigenvalue weighted by Crippen LogP contribution is 2.61. The van der Waals surface area contributed by atoms with Crippen molar-refractivity contribution < 1.29 is 15.3 Å². The Morgan fingerprint density at radius 2 is 1.88 bits per heavy atom. The van der Waals surface area contributed by atoms with E-state index in [1.807, 2.05) is 6.20 Å². The van der Waals surface area contributed by atoms with Crippen LogP contribution in [0, 0.1) is 34.5 Å². The van der Waals surface area contributed by atoms with Gasteiger partial charge in [0.1, 0.15) is 0 Å². The summed E-state index contributed by atoms with van der Waals surface area (Å²) in [6.45, 7) is 4.89. The Morgan fingerprint density at radius 3 is 2.60 bits per heavy atom. The summed E-state index contributed by atoms with van der Waals surface area (Å²) < 4.78 is 0. The molecule has 4 rings (SSSR count). The second-order valence-electron chi connectivity index (χ2n) is 9.34. The highest BCUT2D eigenvalue weighted by molar-refractivity contribution is 5.25. The summed E-state index contributed by atoms with van der Waals surface area (Å²) >= 11 is 0. The number of nitrogens with zero attached hydrogens (tertiary/aromatic N) is 1. The van der Waals surface area contributed by atoms with Crippen LogP contribution in [0.2, 0.25) is 0 Å². The largest absolute Gasteiger partial charge is 0.396 e. The van der Waals surface area contributed by atoms with E-state index in [2.05, 4.69) is 24.0 Å². The van der Waals surface area contributed by atoms with E-state index in [4.69, 9.17) is 0 Å². The third-order valence-corrected chi connectivity index (χ3v) is 8.43. The number of fused-ring (bicyclic) bond motifs is 2. The van der Waals surface area contributed by atoms with Gasteiger partial charge < -0.3 is 15.3 Å². The molecule has 2 fully saturated rings. The summed E-state index contributed by atoms with van der Waals surface area (Å²) in [7, 11) is 0. The van der Waals surface area contributed by atoms with Gasteiger partial charge in [0.25, 0.3) is 0 Å². The normalized spacial score (nSPS) is 46.7. The van der Waals surface area contributed by atoms with Gasteiger partial charge in [0.2, 0.25) is 0 Å². The van der Waals surface area contributed by atoms with E-state index in [-0.39, 0.29) is 42.0 Å². The second-order valence-corrected chi connectivity index (χ2v) is 9.34. The Bertz CT molecular complexity index is 632. The Balaban J connectivity index is 1.68. The summed E-state index contributed by atoms with van der Waals surface area (Å²) in [6.07, 6.45) is 7.36. The van der Waals surface area contributed by atoms with E-state index < -0.39 is 0 Å². The summed E-state index contributed by atoms with van der Waals surface area (Å²) in [5, 5.41) is 38.3. The molecule has 2 saturated carbocycles. The molecule has 1 unspecified atom stereocenters. The zero-order valence-electron chi connectivity index (χ0n) is 15.4. The predicted molar refractivity (Wildman–Crippen MR) is 94.8 cm³/mol. The Kier molecular flexibility index (Phi) is 4.25. The van der Waals surface area contributed by atoms with Crippen LogP contribution in [-0.4, -0.2) is 44.8 Å². The smallest absolute Gasteiger partial charge is 0.0596 e. The van der Waals surface area contributed by atoms with E-state index in [0.29, 0.717) is 11.8 Å². The lowest BCUT2D eigenvalue weighted by Gasteiger charge is -2.55. The SMILES string of the molecule is C[C@]1([C@H]2CC[C@]3(C)C(O)CC[C@H]3[C@@H]2CO)Cc2cn[nH]c2C[C@@H]1CO. The first-order valence-corrected chi connectivity index (χ1v) is 9.85. The predicted octanol–water partition coefficient (Wildman–Crippen LogP) is 1.92. The van der Waals surface area contributed by atoms with E-state index >= 15 is 0 Å². The molecule has 0 saturated heterocycles. The van der Waals surface area contributed by atoms with Crippen LogP contribution < -0.4 is 0 Å². The summed E-state index contributed by atoms with van der Waals surface area (Å²) in [5.41, 5.74) is 2.34. The maximum absolute atomic E-state index is 10.5. The van der Waals surface area contributed by atoms with Crippen molar-refractivity contribution in [2.24, 2.45) is 34.5 Å². The highest BCUT2D eigenvalue weighted by Gasteiger charge is 2.58. The first-order chi connectivity index (χ1) is 11.9. The summed E-state index contributed by atoms with van der Waals surface area (Å²) in [6, 6.07) is 0. The standard InChI is InChI=1S/C20H32N2O3/c1-19-6-5-16(14(11-24)15(19)3-4-18(19)25)20(2)8-12-9-21-22-17(12)7-13(20)10-23/h9,13-16,18,23-25H,3-8,10-11H2,1-2H3,(H,21,22)/t13-,14+,15+,16+,18?,19+,20+/m1/s1. The van der Waals surface area contributed by atoms with Crippen molar-refractivity contribution in [3.63, 3.8) is 0 Å². The van der Waals surface area contributed by atoms with E-state index in [9.17, 15) is 15.3 Å². The van der Waals surface area contributed by atoms with E-state index in [0.717, 1.165) is 44.2 Å². The zero-order valence-corrected chi connectivity index (χ0v) is 15.4. The fourth-order valence-electron chi connectivity index (χ4n) is 6.74. The van der Waals surface area contributed by atoms with Gasteiger partial charge in [-0.15, -0.1) is 0 Å². The monoisotopic (exact) mass is 348 g/mol. The number of aromatic nitrogens is 2. The summed E-state index contributed by atoms with van der Waals surface area (Å²) in [4.78, 5) is 0. The van der Waals surface area contributed by atoms with Crippen LogP contribution in [0.25, 0.3) is 0 Å². The molecule has 25 heavy (non-hydrogen) atoms. The Hall–Kier alpha value is -0.910. The molecule has 3 aliphatic rings. The average Bonchev–Trinajstić information content (AvgIpc) is 3.17. The van der Waals surface area contributed by atoms with Gasteiger partial charge in [-0.2, -0.15) is 5.10 Å². The van der Waals surface area contributed by atoms with Crippen molar-refractivity contribution in [2.45, 2.75) is 58.5 Å². The van der Waals surface area contributed by atoms with Crippen LogP contribution in [0.15, 0.2) is 6.20 Å². The van der Waals surface area contributed by atoms with Crippen molar-refractivity contribution in [2.75, 3.05) is 13.2 Å². The molecule has 3 aliphatic carbocycles. The van der Waals surface area contributed by atoms with Gasteiger partial charge in [0.05, 0.1) is 12.3 Å². The molecule has 0 spiro atoms. The Morgan fingerprint density at radius 1 is 1.12 bits per heavy atom. The van der Waals surface area contributed by atoms with Gasteiger partial charge in [0.15, 0.2) is 0 Å². The topological polar surface area (TPSA) is 89.4 Å². The van der Waals surface area contributed by atoms with Gasteiger partial charge in [-0.3, -0.25) is 5.10 Å². The molecule has 0 radical (unpaired) electrons. The first-order valence-electron chi connectivity index (χ1n) is 9.85. The van der Waals surface area contributed by atoms with Gasteiger partial charge in [-0.1, -0.05) is 13.8 Å². The van der Waals surface area contributed by atoms with Crippen molar-refractivity contribution in [1.29, 1.82) is 0 Å². The number of hydrogen-bond acceptors (Lipinski definition) is 4. The van der Waals surface area contributed by atoms with Crippen LogP contribution in [0.3, 0.4) is 0 Å². The lowest BCUT2D eigenvalue weighted by molar-refractivity contribution is -0.102. The third-order valence-electron chi connectivity index (χ3n) is 8.43. The maximum Gasteiger partial charge on any atom is 0.0596 e. The molecule has 0 aliphatic heterocycles. The first kappa shape index (κ1) is 17.5. The van der Waals surface area contributed by atoms with Crippen LogP contribution in [-0.2, 0) is 12.8 Å². The summed E-state index contributed by atoms with van der Waals surface area (Å²) in [5.74, 6) is 1.16. The van der Waals surface area contributed by atoms with Gasteiger partial charge in [-0.25, -0.2) is 0 Å². The molecule has 5 heteroatoms. The van der Waals surface area contributed by atoms with Crippen molar-refractivity contribution in [3.05, 3.63) is 17.5 Å². The number of aliphatic hydroxyl groups is 3. The lowest BCUT2D eigenvalue weighted by atomic mass is 9.49. The average molecular weight is 348 g/mol. The van der Waals surface area contributed by atoms with Crippen molar-refractivity contribution in [1.82, 2.24) is 10.2 Å². The molecule has 140 valence electrons. The molecular weight excluding hydrogens is 316 g/mol. The molecular formula is C20H32N2O3. The van der Waals surface area contributed by atoms with E-state index in [1.54, 1.807) is 0 Å². The number of nitrogens with one attached hydrogen (secondary N) is 1. The van der Waals surface area contributed by atoms with Crippen molar-refractivity contribution in [3.8, 4) is 0 Å². The third kappa shape index (κ3) is 2.42.